The molecule has 19 heavy (non-hydrogen) atoms. The fraction of sp³-hybridized carbons (Fsp3) is 0.0769. The first-order valence-corrected chi connectivity index (χ1v) is 6.70. The fourth-order valence-corrected chi connectivity index (χ4v) is 2.70. The molecule has 0 aromatic heterocycles. The van der Waals surface area contributed by atoms with Gasteiger partial charge in [0.2, 0.25) is 0 Å². The summed E-state index contributed by atoms with van der Waals surface area (Å²) in [6, 6.07) is 11.9. The molecule has 2 aromatic rings. The van der Waals surface area contributed by atoms with Gasteiger partial charge in [-0.1, -0.05) is 23.4 Å². The van der Waals surface area contributed by atoms with E-state index in [4.69, 9.17) is 17.3 Å². The highest BCUT2D eigenvalue weighted by molar-refractivity contribution is 7.99. The second-order valence-electron chi connectivity index (χ2n) is 3.81. The maximum absolute atomic E-state index is 10.6. The third-order valence-corrected chi connectivity index (χ3v) is 3.88. The number of rotatable bonds is 4. The fourth-order valence-electron chi connectivity index (χ4n) is 1.57. The Kier molecular flexibility index (Phi) is 4.42. The van der Waals surface area contributed by atoms with E-state index in [0.29, 0.717) is 11.6 Å². The van der Waals surface area contributed by atoms with Crippen LogP contribution in [-0.2, 0) is 6.54 Å². The van der Waals surface area contributed by atoms with Gasteiger partial charge < -0.3 is 5.73 Å². The number of nitro groups is 1. The van der Waals surface area contributed by atoms with Gasteiger partial charge in [0.1, 0.15) is 0 Å². The van der Waals surface area contributed by atoms with Gasteiger partial charge in [-0.25, -0.2) is 0 Å². The summed E-state index contributed by atoms with van der Waals surface area (Å²) in [6.45, 7) is 0.399. The van der Waals surface area contributed by atoms with Crippen molar-refractivity contribution in [3.63, 3.8) is 0 Å². The van der Waals surface area contributed by atoms with Crippen molar-refractivity contribution in [1.29, 1.82) is 0 Å². The maximum Gasteiger partial charge on any atom is 0.269 e. The summed E-state index contributed by atoms with van der Waals surface area (Å²) in [4.78, 5) is 12.1. The standard InChI is InChI=1S/C13H11ClN2O2S/c14-10-1-6-13(9(7-10)8-15)19-12-4-2-11(3-5-12)16(17)18/h1-7H,8,15H2. The van der Waals surface area contributed by atoms with Crippen LogP contribution in [0.4, 0.5) is 5.69 Å². The van der Waals surface area contributed by atoms with Crippen LogP contribution in [0.25, 0.3) is 0 Å². The van der Waals surface area contributed by atoms with Crippen molar-refractivity contribution < 1.29 is 4.92 Å². The summed E-state index contributed by atoms with van der Waals surface area (Å²) in [6.07, 6.45) is 0. The largest absolute Gasteiger partial charge is 0.326 e. The second kappa shape index (κ2) is 6.06. The Hall–Kier alpha value is -1.56. The number of hydrogen-bond donors (Lipinski definition) is 1. The van der Waals surface area contributed by atoms with Gasteiger partial charge in [-0.05, 0) is 35.9 Å². The molecular weight excluding hydrogens is 284 g/mol. The van der Waals surface area contributed by atoms with Gasteiger partial charge in [0.25, 0.3) is 5.69 Å². The minimum absolute atomic E-state index is 0.0829. The number of nitrogens with zero attached hydrogens (tertiary/aromatic N) is 1. The molecule has 0 bridgehead atoms. The van der Waals surface area contributed by atoms with Crippen LogP contribution in [0.5, 0.6) is 0 Å². The molecule has 0 spiro atoms. The quantitative estimate of drug-likeness (QED) is 0.687. The first-order valence-electron chi connectivity index (χ1n) is 5.51. The van der Waals surface area contributed by atoms with E-state index in [1.54, 1.807) is 18.2 Å². The first-order chi connectivity index (χ1) is 9.10. The van der Waals surface area contributed by atoms with Crippen molar-refractivity contribution in [1.82, 2.24) is 0 Å². The van der Waals surface area contributed by atoms with E-state index in [0.717, 1.165) is 15.4 Å². The van der Waals surface area contributed by atoms with Gasteiger partial charge >= 0.3 is 0 Å². The molecule has 2 rings (SSSR count). The molecule has 0 atom stereocenters. The lowest BCUT2D eigenvalue weighted by Crippen LogP contribution is -1.98. The molecule has 98 valence electrons. The Bertz CT molecular complexity index is 602. The number of benzene rings is 2. The van der Waals surface area contributed by atoms with Gasteiger partial charge in [-0.15, -0.1) is 0 Å². The molecule has 0 heterocycles. The Morgan fingerprint density at radius 3 is 2.47 bits per heavy atom. The SMILES string of the molecule is NCc1cc(Cl)ccc1Sc1ccc([N+](=O)[O-])cc1. The second-order valence-corrected chi connectivity index (χ2v) is 5.36. The predicted molar refractivity (Wildman–Crippen MR) is 76.6 cm³/mol. The lowest BCUT2D eigenvalue weighted by molar-refractivity contribution is -0.384. The van der Waals surface area contributed by atoms with Crippen LogP contribution >= 0.6 is 23.4 Å². The van der Waals surface area contributed by atoms with Gasteiger partial charge in [0.15, 0.2) is 0 Å². The van der Waals surface area contributed by atoms with Crippen LogP contribution in [-0.4, -0.2) is 4.92 Å². The molecule has 2 aromatic carbocycles. The van der Waals surface area contributed by atoms with Crippen LogP contribution in [0.3, 0.4) is 0 Å². The zero-order valence-electron chi connectivity index (χ0n) is 9.88. The van der Waals surface area contributed by atoms with Crippen LogP contribution < -0.4 is 5.73 Å². The van der Waals surface area contributed by atoms with E-state index in [9.17, 15) is 10.1 Å². The normalized spacial score (nSPS) is 10.4. The summed E-state index contributed by atoms with van der Waals surface area (Å²) < 4.78 is 0. The van der Waals surface area contributed by atoms with Crippen LogP contribution in [0.1, 0.15) is 5.56 Å². The van der Waals surface area contributed by atoms with Crippen LogP contribution in [0, 0.1) is 10.1 Å². The van der Waals surface area contributed by atoms with Gasteiger partial charge in [-0.3, -0.25) is 10.1 Å². The zero-order valence-corrected chi connectivity index (χ0v) is 11.4. The highest BCUT2D eigenvalue weighted by atomic mass is 35.5. The number of halogens is 1. The van der Waals surface area contributed by atoms with Gasteiger partial charge in [0.05, 0.1) is 4.92 Å². The van der Waals surface area contributed by atoms with E-state index in [-0.39, 0.29) is 5.69 Å². The Balaban J connectivity index is 2.23. The summed E-state index contributed by atoms with van der Waals surface area (Å²) in [5, 5.41) is 11.2. The molecule has 2 N–H and O–H groups in total. The Morgan fingerprint density at radius 2 is 1.89 bits per heavy atom. The summed E-state index contributed by atoms with van der Waals surface area (Å²) >= 11 is 7.42. The van der Waals surface area contributed by atoms with E-state index in [1.807, 2.05) is 12.1 Å². The molecule has 0 saturated carbocycles. The predicted octanol–water partition coefficient (Wildman–Crippen LogP) is 3.86. The number of nitro benzene ring substituents is 1. The van der Waals surface area contributed by atoms with Gasteiger partial charge in [0, 0.05) is 33.5 Å². The van der Waals surface area contributed by atoms with Crippen molar-refractivity contribution in [2.45, 2.75) is 16.3 Å². The molecule has 0 unspecified atom stereocenters. The van der Waals surface area contributed by atoms with E-state index >= 15 is 0 Å². The maximum atomic E-state index is 10.6. The van der Waals surface area contributed by atoms with E-state index in [2.05, 4.69) is 0 Å². The minimum Gasteiger partial charge on any atom is -0.326 e. The third-order valence-electron chi connectivity index (χ3n) is 2.52. The smallest absolute Gasteiger partial charge is 0.269 e. The summed E-state index contributed by atoms with van der Waals surface area (Å²) in [5.74, 6) is 0. The van der Waals surface area contributed by atoms with Gasteiger partial charge in [-0.2, -0.15) is 0 Å². The van der Waals surface area contributed by atoms with Crippen LogP contribution in [0.15, 0.2) is 52.3 Å². The van der Waals surface area contributed by atoms with E-state index < -0.39 is 4.92 Å². The molecule has 0 saturated heterocycles. The van der Waals surface area contributed by atoms with Crippen LogP contribution in [0.2, 0.25) is 5.02 Å². The summed E-state index contributed by atoms with van der Waals surface area (Å²) in [7, 11) is 0. The monoisotopic (exact) mass is 294 g/mol. The summed E-state index contributed by atoms with van der Waals surface area (Å²) in [5.41, 5.74) is 6.71. The molecule has 6 heteroatoms. The first kappa shape index (κ1) is 13.9. The van der Waals surface area contributed by atoms with Crippen molar-refractivity contribution in [3.8, 4) is 0 Å². The van der Waals surface area contributed by atoms with Crippen molar-refractivity contribution >= 4 is 29.1 Å². The van der Waals surface area contributed by atoms with E-state index in [1.165, 1.54) is 23.9 Å². The van der Waals surface area contributed by atoms with Crippen molar-refractivity contribution in [3.05, 3.63) is 63.2 Å². The number of nitrogens with two attached hydrogens (primary N) is 1. The Morgan fingerprint density at radius 1 is 1.21 bits per heavy atom. The highest BCUT2D eigenvalue weighted by Crippen LogP contribution is 2.32. The molecular formula is C13H11ClN2O2S. The average molecular weight is 295 g/mol. The topological polar surface area (TPSA) is 69.2 Å². The number of non-ortho nitro benzene ring substituents is 1. The molecule has 0 radical (unpaired) electrons. The lowest BCUT2D eigenvalue weighted by Gasteiger charge is -2.07. The van der Waals surface area contributed by atoms with Crippen molar-refractivity contribution in [2.24, 2.45) is 5.73 Å². The third kappa shape index (κ3) is 3.47. The molecule has 0 aliphatic carbocycles. The van der Waals surface area contributed by atoms with Crippen molar-refractivity contribution in [2.75, 3.05) is 0 Å². The average Bonchev–Trinajstić information content (AvgIpc) is 2.41. The zero-order chi connectivity index (χ0) is 13.8. The molecule has 0 amide bonds. The Labute approximate surface area is 119 Å². The number of hydrogen-bond acceptors (Lipinski definition) is 4. The molecule has 0 aliphatic rings. The minimum atomic E-state index is -0.415. The molecule has 0 aliphatic heterocycles. The highest BCUT2D eigenvalue weighted by Gasteiger charge is 2.07. The lowest BCUT2D eigenvalue weighted by atomic mass is 10.2. The molecule has 4 nitrogen and oxygen atoms in total. The molecule has 0 fully saturated rings.